The van der Waals surface area contributed by atoms with Crippen LogP contribution in [0.4, 0.5) is 11.4 Å². The molecule has 0 saturated carbocycles. The van der Waals surface area contributed by atoms with Crippen LogP contribution < -0.4 is 0 Å². The van der Waals surface area contributed by atoms with E-state index in [1.807, 2.05) is 0 Å². The van der Waals surface area contributed by atoms with Crippen molar-refractivity contribution < 1.29 is 4.70 Å². The normalized spacial score (nSPS) is 14.1. The molecular weight excluding hydrogens is 544 g/mol. The predicted molar refractivity (Wildman–Crippen MR) is 187 cm³/mol. The third-order valence-corrected chi connectivity index (χ3v) is 9.20. The second-order valence-corrected chi connectivity index (χ2v) is 11.8. The van der Waals surface area contributed by atoms with E-state index in [4.69, 9.17) is 5.11 Å². The Hall–Kier alpha value is -5.86. The highest BCUT2D eigenvalue weighted by Crippen LogP contribution is 2.46. The van der Waals surface area contributed by atoms with Crippen LogP contribution in [0.5, 0.6) is 0 Å². The van der Waals surface area contributed by atoms with Crippen LogP contribution in [0, 0.1) is 0 Å². The van der Waals surface area contributed by atoms with Crippen LogP contribution in [0.25, 0.3) is 54.6 Å². The zero-order valence-electron chi connectivity index (χ0n) is 24.6. The van der Waals surface area contributed by atoms with Crippen molar-refractivity contribution in [2.24, 2.45) is 5.11 Å². The number of nitrogens with zero attached hydrogens (tertiary/aromatic N) is 2. The molecule has 9 rings (SSSR count). The van der Waals surface area contributed by atoms with Crippen molar-refractivity contribution in [2.45, 2.75) is 6.04 Å². The Morgan fingerprint density at radius 2 is 0.956 bits per heavy atom. The fourth-order valence-electron chi connectivity index (χ4n) is 7.15. The highest BCUT2D eigenvalue weighted by atomic mass is 15.3. The van der Waals surface area contributed by atoms with Crippen molar-refractivity contribution in [1.82, 2.24) is 0 Å². The van der Waals surface area contributed by atoms with Crippen molar-refractivity contribution in [2.75, 3.05) is 0 Å². The van der Waals surface area contributed by atoms with Crippen molar-refractivity contribution >= 4 is 43.7 Å². The molecule has 0 aromatic heterocycles. The molecule has 210 valence electrons. The third kappa shape index (κ3) is 4.18. The van der Waals surface area contributed by atoms with Crippen molar-refractivity contribution in [3.8, 4) is 22.3 Å². The lowest BCUT2D eigenvalue weighted by atomic mass is 9.85. The van der Waals surface area contributed by atoms with Gasteiger partial charge in [0.1, 0.15) is 5.69 Å². The molecule has 0 aliphatic carbocycles. The standard InChI is InChI=1S/C43H29N2/c1-2-14-34(15-3-1)45-43(39-20-10-11-21-40(39)44-45)31-25-23-30(24-26-31)41-35-16-6-8-18-37(35)42(38-19-9-7-17-36(38)41)33-27-22-29-12-4-5-13-32(29)28-33/h1-28,43H/q+1. The lowest BCUT2D eigenvalue weighted by molar-refractivity contribution is -0.536. The monoisotopic (exact) mass is 573 g/mol. The molecule has 8 aromatic rings. The fraction of sp³-hybridized carbons (Fsp3) is 0.0233. The number of hydrogen-bond acceptors (Lipinski definition) is 1. The molecule has 0 saturated heterocycles. The Balaban J connectivity index is 1.22. The van der Waals surface area contributed by atoms with Gasteiger partial charge in [0.25, 0.3) is 0 Å². The van der Waals surface area contributed by atoms with Crippen LogP contribution in [-0.2, 0) is 0 Å². The molecule has 0 fully saturated rings. The van der Waals surface area contributed by atoms with E-state index in [0.717, 1.165) is 11.4 Å². The van der Waals surface area contributed by atoms with Gasteiger partial charge in [-0.1, -0.05) is 144 Å². The van der Waals surface area contributed by atoms with Crippen LogP contribution in [0.15, 0.2) is 175 Å². The minimum atomic E-state index is 0.0152. The summed E-state index contributed by atoms with van der Waals surface area (Å²) in [6.45, 7) is 0. The molecule has 45 heavy (non-hydrogen) atoms. The number of rotatable bonds is 4. The molecule has 8 aromatic carbocycles. The molecule has 1 atom stereocenters. The maximum atomic E-state index is 5.03. The Kier molecular flexibility index (Phi) is 5.92. The van der Waals surface area contributed by atoms with Crippen LogP contribution in [0.3, 0.4) is 0 Å². The second-order valence-electron chi connectivity index (χ2n) is 11.8. The SMILES string of the molecule is c1ccc([N+]2=Nc3ccccc3C2c2ccc(-c3c4ccccc4c(-c4ccc5ccccc5c4)c4ccccc34)cc2)cc1. The summed E-state index contributed by atoms with van der Waals surface area (Å²) in [6, 6.07) is 61.3. The smallest absolute Gasteiger partial charge is 0.0722 e. The van der Waals surface area contributed by atoms with Gasteiger partial charge in [0.05, 0.1) is 5.56 Å². The van der Waals surface area contributed by atoms with Crippen LogP contribution >= 0.6 is 0 Å². The Morgan fingerprint density at radius 1 is 0.422 bits per heavy atom. The van der Waals surface area contributed by atoms with Gasteiger partial charge >= 0.3 is 0 Å². The predicted octanol–water partition coefficient (Wildman–Crippen LogP) is 12.0. The molecule has 0 N–H and O–H groups in total. The summed E-state index contributed by atoms with van der Waals surface area (Å²) < 4.78 is 2.16. The summed E-state index contributed by atoms with van der Waals surface area (Å²) in [7, 11) is 0. The maximum absolute atomic E-state index is 5.03. The number of benzene rings is 8. The summed E-state index contributed by atoms with van der Waals surface area (Å²) in [6.07, 6.45) is 0. The molecule has 1 unspecified atom stereocenters. The fourth-order valence-corrected chi connectivity index (χ4v) is 7.15. The first-order valence-electron chi connectivity index (χ1n) is 15.5. The topological polar surface area (TPSA) is 15.4 Å². The van der Waals surface area contributed by atoms with Crippen molar-refractivity contribution in [1.29, 1.82) is 0 Å². The lowest BCUT2D eigenvalue weighted by Gasteiger charge is -2.18. The molecule has 1 aliphatic rings. The van der Waals surface area contributed by atoms with Gasteiger partial charge in [-0.15, -0.1) is 0 Å². The Morgan fingerprint density at radius 3 is 1.64 bits per heavy atom. The van der Waals surface area contributed by atoms with E-state index in [-0.39, 0.29) is 6.04 Å². The first-order valence-corrected chi connectivity index (χ1v) is 15.5. The largest absolute Gasteiger partial charge is 0.237 e. The van der Waals surface area contributed by atoms with E-state index >= 15 is 0 Å². The maximum Gasteiger partial charge on any atom is 0.237 e. The number of hydrogen-bond donors (Lipinski definition) is 0. The van der Waals surface area contributed by atoms with Gasteiger partial charge < -0.3 is 0 Å². The summed E-state index contributed by atoms with van der Waals surface area (Å²) in [5, 5.41) is 12.6. The Labute approximate surface area is 262 Å². The van der Waals surface area contributed by atoms with Crippen LogP contribution in [-0.4, -0.2) is 4.70 Å². The average molecular weight is 574 g/mol. The number of azo groups is 2. The van der Waals surface area contributed by atoms with Gasteiger partial charge in [0.2, 0.25) is 11.7 Å². The summed E-state index contributed by atoms with van der Waals surface area (Å²) >= 11 is 0. The van der Waals surface area contributed by atoms with Crippen LogP contribution in [0.2, 0.25) is 0 Å². The quantitative estimate of drug-likeness (QED) is 0.147. The van der Waals surface area contributed by atoms with Crippen molar-refractivity contribution in [3.05, 3.63) is 181 Å². The molecule has 0 radical (unpaired) electrons. The van der Waals surface area contributed by atoms with Gasteiger partial charge in [0, 0.05) is 22.8 Å². The molecular formula is C43H29N2+. The zero-order chi connectivity index (χ0) is 29.7. The third-order valence-electron chi connectivity index (χ3n) is 9.20. The van der Waals surface area contributed by atoms with E-state index in [0.29, 0.717) is 0 Å². The zero-order valence-corrected chi connectivity index (χ0v) is 24.6. The molecule has 1 heterocycles. The summed E-state index contributed by atoms with van der Waals surface area (Å²) in [4.78, 5) is 0. The van der Waals surface area contributed by atoms with E-state index in [1.54, 1.807) is 0 Å². The first-order chi connectivity index (χ1) is 22.3. The first kappa shape index (κ1) is 25.6. The van der Waals surface area contributed by atoms with E-state index in [9.17, 15) is 0 Å². The van der Waals surface area contributed by atoms with Gasteiger partial charge in [0.15, 0.2) is 0 Å². The molecule has 2 heteroatoms. The summed E-state index contributed by atoms with van der Waals surface area (Å²) in [5.74, 6) is 0. The lowest BCUT2D eigenvalue weighted by Crippen LogP contribution is -2.10. The molecule has 0 bridgehead atoms. The molecule has 1 aliphatic heterocycles. The minimum absolute atomic E-state index is 0.0152. The Bertz CT molecular complexity index is 2360. The highest BCUT2D eigenvalue weighted by Gasteiger charge is 2.37. The number of para-hydroxylation sites is 1. The van der Waals surface area contributed by atoms with Crippen LogP contribution in [0.1, 0.15) is 17.2 Å². The average Bonchev–Trinajstić information content (AvgIpc) is 3.51. The molecule has 2 nitrogen and oxygen atoms in total. The van der Waals surface area contributed by atoms with Gasteiger partial charge in [-0.05, 0) is 72.8 Å². The second kappa shape index (κ2) is 10.4. The van der Waals surface area contributed by atoms with Gasteiger partial charge in [-0.2, -0.15) is 0 Å². The van der Waals surface area contributed by atoms with Crippen molar-refractivity contribution in [3.63, 3.8) is 0 Å². The van der Waals surface area contributed by atoms with Gasteiger partial charge in [-0.25, -0.2) is 0 Å². The van der Waals surface area contributed by atoms with E-state index in [1.165, 1.54) is 65.7 Å². The van der Waals surface area contributed by atoms with E-state index < -0.39 is 0 Å². The van der Waals surface area contributed by atoms with E-state index in [2.05, 4.69) is 175 Å². The highest BCUT2D eigenvalue weighted by molar-refractivity contribution is 6.21. The van der Waals surface area contributed by atoms with Gasteiger partial charge in [-0.3, -0.25) is 0 Å². The molecule has 0 spiro atoms. The minimum Gasteiger partial charge on any atom is -0.0722 e. The number of fused-ring (bicyclic) bond motifs is 4. The molecule has 0 amide bonds. The summed E-state index contributed by atoms with van der Waals surface area (Å²) in [5.41, 5.74) is 9.57.